The van der Waals surface area contributed by atoms with Crippen molar-refractivity contribution in [2.75, 3.05) is 41.4 Å². The van der Waals surface area contributed by atoms with Crippen LogP contribution in [0.2, 0.25) is 0 Å². The molecule has 3 amide bonds. The van der Waals surface area contributed by atoms with Crippen molar-refractivity contribution in [3.63, 3.8) is 0 Å². The molecule has 2 aliphatic heterocycles. The molecular weight excluding hydrogens is 499 g/mol. The Bertz CT molecular complexity index is 1130. The summed E-state index contributed by atoms with van der Waals surface area (Å²) >= 11 is 0. The number of urea groups is 1. The Morgan fingerprint density at radius 1 is 1.27 bits per heavy atom. The largest absolute Gasteiger partial charge is 0.489 e. The van der Waals surface area contributed by atoms with Crippen LogP contribution in [-0.2, 0) is 0 Å². The highest BCUT2D eigenvalue weighted by Gasteiger charge is 2.40. The lowest BCUT2D eigenvalue weighted by atomic mass is 10.0. The van der Waals surface area contributed by atoms with Crippen LogP contribution in [0, 0.1) is 0 Å². The second kappa shape index (κ2) is 10.7. The number of fused-ring (bicyclic) bond motifs is 4. The monoisotopic (exact) mass is 525 g/mol. The molecule has 15 heteroatoms. The van der Waals surface area contributed by atoms with Gasteiger partial charge in [-0.15, -0.1) is 0 Å². The molecule has 0 saturated carbocycles. The molecule has 3 atom stereocenters. The molecule has 12 nitrogen and oxygen atoms in total. The Hall–Kier alpha value is -3.72. The van der Waals surface area contributed by atoms with Crippen molar-refractivity contribution in [3.05, 3.63) is 30.4 Å². The summed E-state index contributed by atoms with van der Waals surface area (Å²) in [6, 6.07) is 0.0220. The van der Waals surface area contributed by atoms with Crippen LogP contribution in [0.25, 0.3) is 0 Å². The fourth-order valence-corrected chi connectivity index (χ4v) is 3.99. The molecule has 0 spiro atoms. The summed E-state index contributed by atoms with van der Waals surface area (Å²) in [4.78, 5) is 41.3. The lowest BCUT2D eigenvalue weighted by Crippen LogP contribution is -2.56. The fraction of sp³-hybridized carbons (Fsp3) is 0.500. The summed E-state index contributed by atoms with van der Waals surface area (Å²) in [5, 5.41) is 22.7. The topological polar surface area (TPSA) is 153 Å². The third-order valence-corrected chi connectivity index (χ3v) is 5.97. The number of anilines is 3. The molecule has 2 aromatic rings. The maximum atomic E-state index is 13.3. The van der Waals surface area contributed by atoms with Gasteiger partial charge in [-0.05, 0) is 31.9 Å². The van der Waals surface area contributed by atoms with Crippen molar-refractivity contribution in [1.82, 2.24) is 20.3 Å². The van der Waals surface area contributed by atoms with Gasteiger partial charge in [0.2, 0.25) is 5.82 Å². The Labute approximate surface area is 209 Å². The van der Waals surface area contributed by atoms with Crippen molar-refractivity contribution in [1.29, 1.82) is 0 Å². The van der Waals surface area contributed by atoms with Gasteiger partial charge in [0.15, 0.2) is 5.82 Å². The number of pyridine rings is 1. The first-order valence-corrected chi connectivity index (χ1v) is 11.5. The van der Waals surface area contributed by atoms with Crippen LogP contribution >= 0.6 is 0 Å². The molecule has 4 rings (SSSR count). The van der Waals surface area contributed by atoms with Gasteiger partial charge in [-0.25, -0.2) is 19.7 Å². The van der Waals surface area contributed by atoms with E-state index in [1.807, 2.05) is 10.2 Å². The third-order valence-electron chi connectivity index (χ3n) is 5.97. The number of piperidine rings is 1. The van der Waals surface area contributed by atoms with E-state index in [0.29, 0.717) is 30.9 Å². The zero-order valence-electron chi connectivity index (χ0n) is 19.8. The summed E-state index contributed by atoms with van der Waals surface area (Å²) in [7, 11) is 0. The minimum Gasteiger partial charge on any atom is -0.489 e. The summed E-state index contributed by atoms with van der Waals surface area (Å²) in [6.07, 6.45) is -1.55. The number of rotatable bonds is 7. The van der Waals surface area contributed by atoms with Crippen molar-refractivity contribution >= 4 is 29.3 Å². The summed E-state index contributed by atoms with van der Waals surface area (Å²) < 4.78 is 44.0. The number of amides is 3. The predicted octanol–water partition coefficient (Wildman–Crippen LogP) is 1.31. The molecule has 200 valence electrons. The van der Waals surface area contributed by atoms with Crippen molar-refractivity contribution in [2.45, 2.75) is 44.1 Å². The number of nitrogens with zero attached hydrogens (tertiary/aromatic N) is 5. The number of carbonyl (C=O) groups excluding carboxylic acids is 2. The van der Waals surface area contributed by atoms with Gasteiger partial charge in [0.05, 0.1) is 30.7 Å². The second-order valence-electron chi connectivity index (χ2n) is 8.71. The Morgan fingerprint density at radius 2 is 2.05 bits per heavy atom. The molecule has 0 aliphatic carbocycles. The molecule has 4 heterocycles. The number of aliphatic hydroxyl groups excluding tert-OH is 2. The van der Waals surface area contributed by atoms with E-state index in [1.165, 1.54) is 29.4 Å². The standard InChI is InChI=1S/C22H26F3N7O5/c1-12(22(23,24)25)28-20(35)18-27-8-16-19(30-18)32(13-3-2-6-31(16)9-13)21(36)29-17-5-4-15(7-26-17)37-11-14(34)10-33/h4-5,7-8,12-14,33-34H,2-3,6,9-11H2,1H3,(H,28,35)(H,26,29,36)/t12-,13+,14+/m1/s1. The van der Waals surface area contributed by atoms with Gasteiger partial charge in [-0.1, -0.05) is 0 Å². The third kappa shape index (κ3) is 5.99. The second-order valence-corrected chi connectivity index (χ2v) is 8.71. The van der Waals surface area contributed by atoms with E-state index in [2.05, 4.69) is 20.3 Å². The summed E-state index contributed by atoms with van der Waals surface area (Å²) in [5.74, 6) is -0.980. The van der Waals surface area contributed by atoms with E-state index in [1.54, 1.807) is 0 Å². The van der Waals surface area contributed by atoms with E-state index in [0.717, 1.165) is 13.3 Å². The van der Waals surface area contributed by atoms with Crippen LogP contribution in [0.5, 0.6) is 5.75 Å². The highest BCUT2D eigenvalue weighted by atomic mass is 19.4. The van der Waals surface area contributed by atoms with Crippen LogP contribution in [0.15, 0.2) is 24.5 Å². The summed E-state index contributed by atoms with van der Waals surface area (Å²) in [5.41, 5.74) is 0.491. The van der Waals surface area contributed by atoms with Gasteiger partial charge < -0.3 is 25.2 Å². The lowest BCUT2D eigenvalue weighted by molar-refractivity contribution is -0.149. The average molecular weight is 525 g/mol. The highest BCUT2D eigenvalue weighted by Crippen LogP contribution is 2.37. The first-order valence-electron chi connectivity index (χ1n) is 11.5. The van der Waals surface area contributed by atoms with E-state index in [-0.39, 0.29) is 24.3 Å². The fourth-order valence-electron chi connectivity index (χ4n) is 3.99. The molecule has 37 heavy (non-hydrogen) atoms. The van der Waals surface area contributed by atoms with Crippen LogP contribution in [0.3, 0.4) is 0 Å². The molecule has 4 N–H and O–H groups in total. The minimum absolute atomic E-state index is 0.117. The molecule has 0 unspecified atom stereocenters. The molecule has 1 saturated heterocycles. The number of halogens is 3. The highest BCUT2D eigenvalue weighted by molar-refractivity contribution is 6.04. The van der Waals surface area contributed by atoms with Crippen LogP contribution in [0.1, 0.15) is 30.4 Å². The zero-order valence-corrected chi connectivity index (χ0v) is 19.8. The molecule has 0 radical (unpaired) electrons. The number of nitrogens with one attached hydrogen (secondary N) is 2. The quantitative estimate of drug-likeness (QED) is 0.419. The van der Waals surface area contributed by atoms with Crippen LogP contribution in [-0.4, -0.2) is 87.8 Å². The Kier molecular flexibility index (Phi) is 7.63. The predicted molar refractivity (Wildman–Crippen MR) is 125 cm³/mol. The van der Waals surface area contributed by atoms with Gasteiger partial charge in [0.1, 0.15) is 30.3 Å². The maximum absolute atomic E-state index is 13.3. The molecule has 1 fully saturated rings. The van der Waals surface area contributed by atoms with Gasteiger partial charge in [0.25, 0.3) is 5.91 Å². The van der Waals surface area contributed by atoms with Gasteiger partial charge in [-0.2, -0.15) is 13.2 Å². The smallest absolute Gasteiger partial charge is 0.408 e. The number of alkyl halides is 3. The lowest BCUT2D eigenvalue weighted by Gasteiger charge is -2.45. The summed E-state index contributed by atoms with van der Waals surface area (Å²) in [6.45, 7) is 1.42. The van der Waals surface area contributed by atoms with E-state index in [4.69, 9.17) is 9.84 Å². The van der Waals surface area contributed by atoms with E-state index in [9.17, 15) is 27.9 Å². The van der Waals surface area contributed by atoms with Gasteiger partial charge >= 0.3 is 12.2 Å². The van der Waals surface area contributed by atoms with Crippen molar-refractivity contribution in [3.8, 4) is 5.75 Å². The maximum Gasteiger partial charge on any atom is 0.408 e. The Balaban J connectivity index is 1.54. The van der Waals surface area contributed by atoms with Gasteiger partial charge in [-0.3, -0.25) is 15.0 Å². The number of aliphatic hydroxyl groups is 2. The van der Waals surface area contributed by atoms with Crippen LogP contribution in [0.4, 0.5) is 35.3 Å². The SMILES string of the molecule is C[C@@H](NC(=O)c1ncc2c(n1)N(C(=O)Nc1ccc(OC[C@@H](O)CO)cn1)[C@H]1CCCN2C1)C(F)(F)F. The van der Waals surface area contributed by atoms with Crippen molar-refractivity contribution in [2.24, 2.45) is 0 Å². The van der Waals surface area contributed by atoms with Crippen molar-refractivity contribution < 1.29 is 37.7 Å². The average Bonchev–Trinajstić information content (AvgIpc) is 2.87. The molecule has 2 bridgehead atoms. The molecular formula is C22H26F3N7O5. The molecule has 0 aromatic carbocycles. The Morgan fingerprint density at radius 3 is 2.73 bits per heavy atom. The first kappa shape index (κ1) is 26.3. The number of hydrogen-bond acceptors (Lipinski definition) is 9. The molecule has 2 aromatic heterocycles. The zero-order chi connectivity index (χ0) is 26.7. The first-order chi connectivity index (χ1) is 17.6. The molecule has 2 aliphatic rings. The number of hydrogen-bond donors (Lipinski definition) is 4. The minimum atomic E-state index is -4.63. The van der Waals surface area contributed by atoms with E-state index < -0.39 is 42.7 Å². The number of carbonyl (C=O) groups is 2. The normalized spacial score (nSPS) is 18.5. The number of aromatic nitrogens is 3. The number of ether oxygens (including phenoxy) is 1. The van der Waals surface area contributed by atoms with E-state index >= 15 is 0 Å². The van der Waals surface area contributed by atoms with Gasteiger partial charge in [0, 0.05) is 13.1 Å². The van der Waals surface area contributed by atoms with Crippen LogP contribution < -0.4 is 25.2 Å².